The van der Waals surface area contributed by atoms with Gasteiger partial charge in [0.05, 0.1) is 24.5 Å². The number of aliphatic hydroxyl groups excluding tert-OH is 1. The van der Waals surface area contributed by atoms with Crippen LogP contribution < -0.4 is 9.47 Å². The minimum absolute atomic E-state index is 0.574. The Morgan fingerprint density at radius 2 is 1.79 bits per heavy atom. The summed E-state index contributed by atoms with van der Waals surface area (Å²) < 4.78 is 11.1. The van der Waals surface area contributed by atoms with Crippen LogP contribution in [0, 0.1) is 6.92 Å². The van der Waals surface area contributed by atoms with Crippen LogP contribution in [0.15, 0.2) is 36.5 Å². The zero-order valence-corrected chi connectivity index (χ0v) is 11.3. The molecule has 1 atom stereocenters. The molecule has 0 bridgehead atoms. The first kappa shape index (κ1) is 13.4. The van der Waals surface area contributed by atoms with Crippen molar-refractivity contribution in [2.45, 2.75) is 20.0 Å². The highest BCUT2D eigenvalue weighted by atomic mass is 16.5. The molecule has 0 fully saturated rings. The van der Waals surface area contributed by atoms with Crippen molar-refractivity contribution in [3.8, 4) is 17.2 Å². The monoisotopic (exact) mass is 259 g/mol. The molecule has 2 rings (SSSR count). The van der Waals surface area contributed by atoms with E-state index in [2.05, 4.69) is 4.98 Å². The summed E-state index contributed by atoms with van der Waals surface area (Å²) >= 11 is 0. The first-order chi connectivity index (χ1) is 9.13. The molecule has 1 heterocycles. The van der Waals surface area contributed by atoms with E-state index >= 15 is 0 Å². The Kier molecular flexibility index (Phi) is 4.02. The molecule has 4 nitrogen and oxygen atoms in total. The number of methoxy groups -OCH3 is 1. The molecule has 0 radical (unpaired) electrons. The number of ether oxygens (including phenoxy) is 2. The summed E-state index contributed by atoms with van der Waals surface area (Å²) in [5.41, 5.74) is 1.43. The molecule has 0 saturated carbocycles. The van der Waals surface area contributed by atoms with E-state index in [0.29, 0.717) is 22.8 Å². The third-order valence-corrected chi connectivity index (χ3v) is 2.84. The molecular formula is C15H17NO3. The SMILES string of the molecule is COc1cccc(Oc2cccnc2C)c1[C@@H](C)O. The predicted octanol–water partition coefficient (Wildman–Crippen LogP) is 3.24. The summed E-state index contributed by atoms with van der Waals surface area (Å²) in [6, 6.07) is 9.08. The van der Waals surface area contributed by atoms with Gasteiger partial charge in [-0.2, -0.15) is 0 Å². The number of hydrogen-bond acceptors (Lipinski definition) is 4. The van der Waals surface area contributed by atoms with Crippen molar-refractivity contribution in [2.24, 2.45) is 0 Å². The summed E-state index contributed by atoms with van der Waals surface area (Å²) in [5.74, 6) is 1.84. The fourth-order valence-electron chi connectivity index (χ4n) is 1.90. The maximum Gasteiger partial charge on any atom is 0.148 e. The second-order valence-electron chi connectivity index (χ2n) is 4.24. The van der Waals surface area contributed by atoms with Crippen LogP contribution in [0.3, 0.4) is 0 Å². The van der Waals surface area contributed by atoms with Crippen LogP contribution in [0.2, 0.25) is 0 Å². The van der Waals surface area contributed by atoms with Crippen molar-refractivity contribution in [1.82, 2.24) is 4.98 Å². The highest BCUT2D eigenvalue weighted by molar-refractivity contribution is 5.48. The lowest BCUT2D eigenvalue weighted by Gasteiger charge is -2.17. The average Bonchev–Trinajstić information content (AvgIpc) is 2.40. The number of aromatic nitrogens is 1. The molecule has 0 amide bonds. The van der Waals surface area contributed by atoms with Crippen molar-refractivity contribution in [3.63, 3.8) is 0 Å². The van der Waals surface area contributed by atoms with Gasteiger partial charge in [0.15, 0.2) is 0 Å². The Morgan fingerprint density at radius 3 is 2.42 bits per heavy atom. The number of rotatable bonds is 4. The molecule has 0 aliphatic rings. The molecule has 19 heavy (non-hydrogen) atoms. The second-order valence-corrected chi connectivity index (χ2v) is 4.24. The van der Waals surface area contributed by atoms with Gasteiger partial charge in [0.25, 0.3) is 0 Å². The van der Waals surface area contributed by atoms with Gasteiger partial charge in [-0.3, -0.25) is 4.98 Å². The number of benzene rings is 1. The topological polar surface area (TPSA) is 51.6 Å². The van der Waals surface area contributed by atoms with Gasteiger partial charge >= 0.3 is 0 Å². The lowest BCUT2D eigenvalue weighted by Crippen LogP contribution is -2.00. The van der Waals surface area contributed by atoms with Gasteiger partial charge in [0.2, 0.25) is 0 Å². The first-order valence-electron chi connectivity index (χ1n) is 6.08. The van der Waals surface area contributed by atoms with Crippen LogP contribution in [-0.4, -0.2) is 17.2 Å². The molecule has 1 aromatic carbocycles. The van der Waals surface area contributed by atoms with Crippen molar-refractivity contribution >= 4 is 0 Å². The number of pyridine rings is 1. The molecule has 4 heteroatoms. The van der Waals surface area contributed by atoms with Gasteiger partial charge in [-0.15, -0.1) is 0 Å². The van der Waals surface area contributed by atoms with Gasteiger partial charge in [-0.25, -0.2) is 0 Å². The van der Waals surface area contributed by atoms with E-state index in [1.54, 1.807) is 32.4 Å². The molecule has 0 saturated heterocycles. The molecule has 0 aliphatic heterocycles. The summed E-state index contributed by atoms with van der Waals surface area (Å²) in [6.07, 6.45) is 1.03. The summed E-state index contributed by atoms with van der Waals surface area (Å²) in [7, 11) is 1.57. The Balaban J connectivity index is 2.43. The minimum Gasteiger partial charge on any atom is -0.496 e. The molecule has 1 aromatic heterocycles. The molecule has 100 valence electrons. The van der Waals surface area contributed by atoms with Crippen LogP contribution in [0.4, 0.5) is 0 Å². The van der Waals surface area contributed by atoms with E-state index in [0.717, 1.165) is 5.69 Å². The lowest BCUT2D eigenvalue weighted by atomic mass is 10.1. The molecule has 2 aromatic rings. The third kappa shape index (κ3) is 2.85. The van der Waals surface area contributed by atoms with E-state index in [1.807, 2.05) is 25.1 Å². The van der Waals surface area contributed by atoms with Gasteiger partial charge in [0, 0.05) is 6.20 Å². The van der Waals surface area contributed by atoms with Crippen molar-refractivity contribution in [1.29, 1.82) is 0 Å². The van der Waals surface area contributed by atoms with E-state index in [1.165, 1.54) is 0 Å². The smallest absolute Gasteiger partial charge is 0.148 e. The average molecular weight is 259 g/mol. The number of nitrogens with zero attached hydrogens (tertiary/aromatic N) is 1. The Labute approximate surface area is 112 Å². The molecule has 0 spiro atoms. The van der Waals surface area contributed by atoms with Crippen molar-refractivity contribution in [3.05, 3.63) is 47.8 Å². The van der Waals surface area contributed by atoms with Crippen LogP contribution >= 0.6 is 0 Å². The maximum atomic E-state index is 9.89. The zero-order chi connectivity index (χ0) is 13.8. The summed E-state index contributed by atoms with van der Waals surface area (Å²) in [6.45, 7) is 3.55. The quantitative estimate of drug-likeness (QED) is 0.915. The lowest BCUT2D eigenvalue weighted by molar-refractivity contribution is 0.190. The van der Waals surface area contributed by atoms with Gasteiger partial charge in [0.1, 0.15) is 17.2 Å². The summed E-state index contributed by atoms with van der Waals surface area (Å²) in [5, 5.41) is 9.89. The minimum atomic E-state index is -0.678. The van der Waals surface area contributed by atoms with Crippen molar-refractivity contribution in [2.75, 3.05) is 7.11 Å². The van der Waals surface area contributed by atoms with E-state index < -0.39 is 6.10 Å². The Morgan fingerprint density at radius 1 is 1.11 bits per heavy atom. The highest BCUT2D eigenvalue weighted by Gasteiger charge is 2.16. The maximum absolute atomic E-state index is 9.89. The number of aliphatic hydroxyl groups is 1. The summed E-state index contributed by atoms with van der Waals surface area (Å²) in [4.78, 5) is 4.17. The molecular weight excluding hydrogens is 242 g/mol. The van der Waals surface area contributed by atoms with Gasteiger partial charge in [-0.1, -0.05) is 6.07 Å². The van der Waals surface area contributed by atoms with Gasteiger partial charge in [-0.05, 0) is 38.1 Å². The Bertz CT molecular complexity index is 567. The van der Waals surface area contributed by atoms with Crippen LogP contribution in [-0.2, 0) is 0 Å². The fraction of sp³-hybridized carbons (Fsp3) is 0.267. The molecule has 1 N–H and O–H groups in total. The van der Waals surface area contributed by atoms with E-state index in [-0.39, 0.29) is 0 Å². The predicted molar refractivity (Wildman–Crippen MR) is 72.7 cm³/mol. The van der Waals surface area contributed by atoms with Crippen LogP contribution in [0.5, 0.6) is 17.2 Å². The fourth-order valence-corrected chi connectivity index (χ4v) is 1.90. The largest absolute Gasteiger partial charge is 0.496 e. The number of hydrogen-bond donors (Lipinski definition) is 1. The zero-order valence-electron chi connectivity index (χ0n) is 11.3. The van der Waals surface area contributed by atoms with Crippen LogP contribution in [0.1, 0.15) is 24.3 Å². The highest BCUT2D eigenvalue weighted by Crippen LogP contribution is 2.36. The first-order valence-corrected chi connectivity index (χ1v) is 6.08. The Hall–Kier alpha value is -2.07. The van der Waals surface area contributed by atoms with Crippen molar-refractivity contribution < 1.29 is 14.6 Å². The standard InChI is InChI=1S/C15H17NO3/c1-10-12(8-5-9-16-10)19-14-7-4-6-13(18-3)15(14)11(2)17/h4-9,11,17H,1-3H3/t11-/m1/s1. The molecule has 0 aliphatic carbocycles. The second kappa shape index (κ2) is 5.71. The van der Waals surface area contributed by atoms with Crippen LogP contribution in [0.25, 0.3) is 0 Å². The number of aryl methyl sites for hydroxylation is 1. The molecule has 0 unspecified atom stereocenters. The van der Waals surface area contributed by atoms with Gasteiger partial charge < -0.3 is 14.6 Å². The van der Waals surface area contributed by atoms with E-state index in [4.69, 9.17) is 9.47 Å². The third-order valence-electron chi connectivity index (χ3n) is 2.84. The van der Waals surface area contributed by atoms with E-state index in [9.17, 15) is 5.11 Å². The normalized spacial score (nSPS) is 12.0.